The maximum absolute atomic E-state index is 12.4. The van der Waals surface area contributed by atoms with Crippen LogP contribution in [0.5, 0.6) is 5.75 Å². The molecular weight excluding hydrogens is 291 g/mol. The lowest BCUT2D eigenvalue weighted by Gasteiger charge is -2.25. The second-order valence-corrected chi connectivity index (χ2v) is 6.18. The van der Waals surface area contributed by atoms with Crippen LogP contribution < -0.4 is 10.1 Å². The molecule has 2 nitrogen and oxygen atoms in total. The van der Waals surface area contributed by atoms with Gasteiger partial charge in [-0.3, -0.25) is 0 Å². The summed E-state index contributed by atoms with van der Waals surface area (Å²) in [6.07, 6.45) is 2.94. The van der Waals surface area contributed by atoms with Crippen molar-refractivity contribution in [2.24, 2.45) is 5.92 Å². The van der Waals surface area contributed by atoms with Gasteiger partial charge < -0.3 is 10.1 Å². The van der Waals surface area contributed by atoms with Gasteiger partial charge in [-0.2, -0.15) is 0 Å². The molecule has 1 saturated carbocycles. The minimum atomic E-state index is -4.65. The normalized spacial score (nSPS) is 18.2. The number of alkyl halides is 3. The molecule has 1 fully saturated rings. The monoisotopic (exact) mass is 315 g/mol. The van der Waals surface area contributed by atoms with Gasteiger partial charge in [-0.05, 0) is 25.3 Å². The Balaban J connectivity index is 1.85. The zero-order chi connectivity index (χ0) is 16.0. The van der Waals surface area contributed by atoms with Crippen molar-refractivity contribution in [3.05, 3.63) is 29.8 Å². The standard InChI is InChI=1S/C17H24F3NO/c1-13(11-14-7-3-2-4-8-14)21-12-15-9-5-6-10-16(15)22-17(18,19)20/h5-6,9-10,13-14,21H,2-4,7-8,11-12H2,1H3. The molecule has 1 aromatic rings. The third-order valence-electron chi connectivity index (χ3n) is 4.25. The van der Waals surface area contributed by atoms with Gasteiger partial charge in [0.15, 0.2) is 0 Å². The molecular formula is C17H24F3NO. The van der Waals surface area contributed by atoms with E-state index < -0.39 is 6.36 Å². The molecule has 0 aliphatic heterocycles. The number of rotatable bonds is 6. The largest absolute Gasteiger partial charge is 0.573 e. The predicted molar refractivity (Wildman–Crippen MR) is 80.6 cm³/mol. The van der Waals surface area contributed by atoms with Gasteiger partial charge in [0, 0.05) is 18.2 Å². The molecule has 0 bridgehead atoms. The molecule has 22 heavy (non-hydrogen) atoms. The van der Waals surface area contributed by atoms with E-state index in [1.54, 1.807) is 18.2 Å². The first-order valence-corrected chi connectivity index (χ1v) is 8.01. The third-order valence-corrected chi connectivity index (χ3v) is 4.25. The number of benzene rings is 1. The summed E-state index contributed by atoms with van der Waals surface area (Å²) < 4.78 is 41.2. The Morgan fingerprint density at radius 1 is 1.18 bits per heavy atom. The first kappa shape index (κ1) is 17.1. The van der Waals surface area contributed by atoms with Crippen LogP contribution in [-0.4, -0.2) is 12.4 Å². The minimum absolute atomic E-state index is 0.118. The third kappa shape index (κ3) is 5.87. The van der Waals surface area contributed by atoms with Gasteiger partial charge in [0.05, 0.1) is 0 Å². The molecule has 0 spiro atoms. The van der Waals surface area contributed by atoms with Crippen LogP contribution in [0.15, 0.2) is 24.3 Å². The van der Waals surface area contributed by atoms with Gasteiger partial charge in [0.25, 0.3) is 0 Å². The summed E-state index contributed by atoms with van der Waals surface area (Å²) >= 11 is 0. The highest BCUT2D eigenvalue weighted by molar-refractivity contribution is 5.33. The maximum atomic E-state index is 12.4. The van der Waals surface area contributed by atoms with E-state index in [-0.39, 0.29) is 5.75 Å². The molecule has 124 valence electrons. The number of halogens is 3. The van der Waals surface area contributed by atoms with Crippen molar-refractivity contribution in [2.75, 3.05) is 0 Å². The molecule has 0 aromatic heterocycles. The summed E-state index contributed by atoms with van der Waals surface area (Å²) in [5, 5.41) is 3.33. The first-order valence-electron chi connectivity index (χ1n) is 8.01. The second kappa shape index (κ2) is 7.86. The smallest absolute Gasteiger partial charge is 0.405 e. The topological polar surface area (TPSA) is 21.3 Å². The highest BCUT2D eigenvalue weighted by Gasteiger charge is 2.32. The van der Waals surface area contributed by atoms with Crippen LogP contribution in [0.4, 0.5) is 13.2 Å². The number of ether oxygens (including phenoxy) is 1. The Hall–Kier alpha value is -1.23. The van der Waals surface area contributed by atoms with Crippen molar-refractivity contribution in [2.45, 2.75) is 64.4 Å². The van der Waals surface area contributed by atoms with Crippen LogP contribution in [-0.2, 0) is 6.54 Å². The molecule has 1 atom stereocenters. The number of para-hydroxylation sites is 1. The highest BCUT2D eigenvalue weighted by atomic mass is 19.4. The molecule has 0 saturated heterocycles. The van der Waals surface area contributed by atoms with Gasteiger partial charge in [-0.15, -0.1) is 13.2 Å². The van der Waals surface area contributed by atoms with Crippen molar-refractivity contribution in [1.29, 1.82) is 0 Å². The minimum Gasteiger partial charge on any atom is -0.405 e. The lowest BCUT2D eigenvalue weighted by atomic mass is 9.85. The summed E-state index contributed by atoms with van der Waals surface area (Å²) in [6, 6.07) is 6.60. The van der Waals surface area contributed by atoms with E-state index >= 15 is 0 Å². The molecule has 1 unspecified atom stereocenters. The number of hydrogen-bond donors (Lipinski definition) is 1. The molecule has 1 N–H and O–H groups in total. The Morgan fingerprint density at radius 2 is 1.86 bits per heavy atom. The molecule has 5 heteroatoms. The van der Waals surface area contributed by atoms with E-state index in [9.17, 15) is 13.2 Å². The molecule has 0 heterocycles. The van der Waals surface area contributed by atoms with Crippen LogP contribution >= 0.6 is 0 Å². The summed E-state index contributed by atoms with van der Waals surface area (Å²) in [4.78, 5) is 0. The maximum Gasteiger partial charge on any atom is 0.573 e. The van der Waals surface area contributed by atoms with E-state index in [0.717, 1.165) is 12.3 Å². The van der Waals surface area contributed by atoms with Crippen LogP contribution in [0.25, 0.3) is 0 Å². The predicted octanol–water partition coefficient (Wildman–Crippen LogP) is 5.03. The average molecular weight is 315 g/mol. The van der Waals surface area contributed by atoms with Crippen LogP contribution in [0.3, 0.4) is 0 Å². The summed E-state index contributed by atoms with van der Waals surface area (Å²) in [5.41, 5.74) is 0.537. The molecule has 2 rings (SSSR count). The fraction of sp³-hybridized carbons (Fsp3) is 0.647. The Morgan fingerprint density at radius 3 is 2.55 bits per heavy atom. The fourth-order valence-electron chi connectivity index (χ4n) is 3.16. The SMILES string of the molecule is CC(CC1CCCCC1)NCc1ccccc1OC(F)(F)F. The van der Waals surface area contributed by atoms with Gasteiger partial charge in [0.2, 0.25) is 0 Å². The molecule has 1 aromatic carbocycles. The van der Waals surface area contributed by atoms with Crippen molar-refractivity contribution in [3.63, 3.8) is 0 Å². The summed E-state index contributed by atoms with van der Waals surface area (Å²) in [7, 11) is 0. The average Bonchev–Trinajstić information content (AvgIpc) is 2.46. The van der Waals surface area contributed by atoms with Gasteiger partial charge in [0.1, 0.15) is 5.75 Å². The van der Waals surface area contributed by atoms with Gasteiger partial charge >= 0.3 is 6.36 Å². The lowest BCUT2D eigenvalue weighted by molar-refractivity contribution is -0.274. The molecule has 1 aliphatic rings. The first-order chi connectivity index (χ1) is 10.4. The lowest BCUT2D eigenvalue weighted by Crippen LogP contribution is -2.29. The van der Waals surface area contributed by atoms with Gasteiger partial charge in [-0.1, -0.05) is 50.3 Å². The Kier molecular flexibility index (Phi) is 6.12. The zero-order valence-electron chi connectivity index (χ0n) is 13.0. The van der Waals surface area contributed by atoms with Crippen molar-refractivity contribution in [3.8, 4) is 5.75 Å². The quantitative estimate of drug-likeness (QED) is 0.794. The van der Waals surface area contributed by atoms with E-state index in [1.165, 1.54) is 38.2 Å². The number of hydrogen-bond acceptors (Lipinski definition) is 2. The zero-order valence-corrected chi connectivity index (χ0v) is 13.0. The summed E-state index contributed by atoms with van der Waals surface area (Å²) in [5.74, 6) is 0.630. The van der Waals surface area contributed by atoms with Crippen LogP contribution in [0, 0.1) is 5.92 Å². The van der Waals surface area contributed by atoms with Crippen LogP contribution in [0.1, 0.15) is 51.0 Å². The van der Waals surface area contributed by atoms with E-state index in [2.05, 4.69) is 17.0 Å². The van der Waals surface area contributed by atoms with E-state index in [4.69, 9.17) is 0 Å². The molecule has 0 amide bonds. The fourth-order valence-corrected chi connectivity index (χ4v) is 3.16. The Labute approximate surface area is 130 Å². The second-order valence-electron chi connectivity index (χ2n) is 6.18. The molecule has 0 radical (unpaired) electrons. The van der Waals surface area contributed by atoms with Crippen molar-refractivity contribution in [1.82, 2.24) is 5.32 Å². The molecule has 1 aliphatic carbocycles. The van der Waals surface area contributed by atoms with Crippen molar-refractivity contribution >= 4 is 0 Å². The van der Waals surface area contributed by atoms with Gasteiger partial charge in [-0.25, -0.2) is 0 Å². The van der Waals surface area contributed by atoms with Crippen molar-refractivity contribution < 1.29 is 17.9 Å². The van der Waals surface area contributed by atoms with Crippen LogP contribution in [0.2, 0.25) is 0 Å². The van der Waals surface area contributed by atoms with E-state index in [1.807, 2.05) is 0 Å². The summed E-state index contributed by atoms with van der Waals surface area (Å²) in [6.45, 7) is 2.49. The Bertz CT molecular complexity index is 455. The number of nitrogens with one attached hydrogen (secondary N) is 1. The van der Waals surface area contributed by atoms with E-state index in [0.29, 0.717) is 18.2 Å². The highest BCUT2D eigenvalue weighted by Crippen LogP contribution is 2.28.